The number of hydrogen-bond acceptors (Lipinski definition) is 0. The van der Waals surface area contributed by atoms with Crippen LogP contribution in [0.2, 0.25) is 0 Å². The Morgan fingerprint density at radius 3 is 2.43 bits per heavy atom. The van der Waals surface area contributed by atoms with E-state index >= 15 is 0 Å². The molecule has 0 aliphatic rings. The second kappa shape index (κ2) is 5.53. The summed E-state index contributed by atoms with van der Waals surface area (Å²) < 4.78 is 26.2. The maximum Gasteiger partial charge on any atom is 0.162 e. The zero-order chi connectivity index (χ0) is 9.84. The number of halogens is 2. The molecule has 2 heteroatoms. The lowest BCUT2D eigenvalue weighted by Gasteiger charge is -2.02. The molecular weight excluding hydrogens is 182 g/mol. The van der Waals surface area contributed by atoms with Gasteiger partial charge in [0.15, 0.2) is 11.6 Å². The Morgan fingerprint density at radius 2 is 1.86 bits per heavy atom. The maximum atomic E-state index is 13.2. The number of rotatable bonds is 2. The molecule has 78 valence electrons. The fourth-order valence-electron chi connectivity index (χ4n) is 1.09. The van der Waals surface area contributed by atoms with E-state index in [1.165, 1.54) is 0 Å². The van der Waals surface area contributed by atoms with Crippen LogP contribution >= 0.6 is 0 Å². The minimum atomic E-state index is -0.734. The highest BCUT2D eigenvalue weighted by atomic mass is 19.2. The third-order valence-corrected chi connectivity index (χ3v) is 1.93. The molecule has 0 nitrogen and oxygen atoms in total. The van der Waals surface area contributed by atoms with Gasteiger partial charge in [0, 0.05) is 0 Å². The van der Waals surface area contributed by atoms with Crippen LogP contribution in [0.15, 0.2) is 24.3 Å². The predicted octanol–water partition coefficient (Wildman–Crippen LogP) is 4.03. The zero-order valence-electron chi connectivity index (χ0n) is 7.77. The van der Waals surface area contributed by atoms with E-state index in [1.807, 2.05) is 13.0 Å². The minimum absolute atomic E-state index is 0. The summed E-state index contributed by atoms with van der Waals surface area (Å²) in [6, 6.07) is 3.21. The highest BCUT2D eigenvalue weighted by Gasteiger charge is 2.08. The molecule has 0 aliphatic heterocycles. The van der Waals surface area contributed by atoms with Crippen LogP contribution in [0.4, 0.5) is 8.78 Å². The van der Waals surface area contributed by atoms with Crippen LogP contribution in [0.25, 0.3) is 0 Å². The largest absolute Gasteiger partial charge is 0.203 e. The van der Waals surface area contributed by atoms with Gasteiger partial charge in [0.25, 0.3) is 0 Å². The summed E-state index contributed by atoms with van der Waals surface area (Å²) >= 11 is 0. The Kier molecular flexibility index (Phi) is 5.06. The van der Waals surface area contributed by atoms with Gasteiger partial charge in [-0.25, -0.2) is 8.78 Å². The van der Waals surface area contributed by atoms with Crippen molar-refractivity contribution in [2.24, 2.45) is 0 Å². The Labute approximate surface area is 84.3 Å². The summed E-state index contributed by atoms with van der Waals surface area (Å²) in [7, 11) is 0. The van der Waals surface area contributed by atoms with E-state index in [9.17, 15) is 8.78 Å². The molecule has 0 unspecified atom stereocenters. The Hall–Kier alpha value is -1.18. The monoisotopic (exact) mass is 198 g/mol. The van der Waals surface area contributed by atoms with Crippen molar-refractivity contribution in [3.8, 4) is 0 Å². The average Bonchev–Trinajstić information content (AvgIpc) is 2.13. The standard InChI is InChI=1S/C11H12F2.CH4/c1-3-4-5-9-7-6-8(2)10(12)11(9)13;/h3-4,6-7H,5H2,1-2H3;1H4/b4-3+;. The van der Waals surface area contributed by atoms with Gasteiger partial charge in [0.2, 0.25) is 0 Å². The second-order valence-electron chi connectivity index (χ2n) is 2.94. The molecule has 0 saturated carbocycles. The van der Waals surface area contributed by atoms with Gasteiger partial charge in [-0.2, -0.15) is 0 Å². The van der Waals surface area contributed by atoms with E-state index in [0.717, 1.165) is 0 Å². The van der Waals surface area contributed by atoms with Crippen molar-refractivity contribution in [3.63, 3.8) is 0 Å². The Balaban J connectivity index is 0.00000169. The highest BCUT2D eigenvalue weighted by molar-refractivity contribution is 5.26. The molecule has 0 amide bonds. The van der Waals surface area contributed by atoms with Crippen molar-refractivity contribution in [1.29, 1.82) is 0 Å². The number of allylic oxidation sites excluding steroid dienone is 2. The minimum Gasteiger partial charge on any atom is -0.203 e. The molecule has 0 atom stereocenters. The van der Waals surface area contributed by atoms with Crippen LogP contribution in [0.1, 0.15) is 25.5 Å². The van der Waals surface area contributed by atoms with Crippen LogP contribution < -0.4 is 0 Å². The SMILES string of the molecule is C.C/C=C/Cc1ccc(C)c(F)c1F. The lowest BCUT2D eigenvalue weighted by atomic mass is 10.1. The number of hydrogen-bond donors (Lipinski definition) is 0. The third kappa shape index (κ3) is 2.66. The molecular formula is C12H16F2. The highest BCUT2D eigenvalue weighted by Crippen LogP contribution is 2.16. The average molecular weight is 198 g/mol. The molecule has 14 heavy (non-hydrogen) atoms. The van der Waals surface area contributed by atoms with Crippen molar-refractivity contribution in [2.75, 3.05) is 0 Å². The summed E-state index contributed by atoms with van der Waals surface area (Å²) in [5, 5.41) is 0. The second-order valence-corrected chi connectivity index (χ2v) is 2.94. The lowest BCUT2D eigenvalue weighted by molar-refractivity contribution is 0.496. The van der Waals surface area contributed by atoms with Gasteiger partial charge in [-0.05, 0) is 31.4 Å². The van der Waals surface area contributed by atoms with Crippen LogP contribution in [0.3, 0.4) is 0 Å². The first-order valence-corrected chi connectivity index (χ1v) is 4.21. The van der Waals surface area contributed by atoms with Crippen molar-refractivity contribution >= 4 is 0 Å². The molecule has 0 radical (unpaired) electrons. The van der Waals surface area contributed by atoms with Crippen LogP contribution in [-0.4, -0.2) is 0 Å². The Bertz CT molecular complexity index is 327. The molecule has 0 heterocycles. The molecule has 1 aromatic carbocycles. The molecule has 0 aliphatic carbocycles. The topological polar surface area (TPSA) is 0 Å². The molecule has 1 rings (SSSR count). The molecule has 0 spiro atoms. The van der Waals surface area contributed by atoms with E-state index in [1.54, 1.807) is 25.1 Å². The molecule has 1 aromatic rings. The van der Waals surface area contributed by atoms with Crippen LogP contribution in [0.5, 0.6) is 0 Å². The zero-order valence-corrected chi connectivity index (χ0v) is 7.77. The van der Waals surface area contributed by atoms with Gasteiger partial charge in [0.1, 0.15) is 0 Å². The van der Waals surface area contributed by atoms with Gasteiger partial charge in [-0.1, -0.05) is 31.7 Å². The van der Waals surface area contributed by atoms with E-state index < -0.39 is 11.6 Å². The van der Waals surface area contributed by atoms with Crippen LogP contribution in [-0.2, 0) is 6.42 Å². The summed E-state index contributed by atoms with van der Waals surface area (Å²) in [5.41, 5.74) is 0.753. The predicted molar refractivity (Wildman–Crippen MR) is 56.3 cm³/mol. The normalized spacial score (nSPS) is 10.3. The van der Waals surface area contributed by atoms with E-state index in [2.05, 4.69) is 0 Å². The fourth-order valence-corrected chi connectivity index (χ4v) is 1.09. The van der Waals surface area contributed by atoms with Crippen LogP contribution in [0, 0.1) is 18.6 Å². The maximum absolute atomic E-state index is 13.2. The summed E-state index contributed by atoms with van der Waals surface area (Å²) in [4.78, 5) is 0. The van der Waals surface area contributed by atoms with Crippen molar-refractivity contribution in [3.05, 3.63) is 47.0 Å². The fraction of sp³-hybridized carbons (Fsp3) is 0.333. The first-order valence-electron chi connectivity index (χ1n) is 4.21. The van der Waals surface area contributed by atoms with Crippen molar-refractivity contribution in [1.82, 2.24) is 0 Å². The molecule has 0 N–H and O–H groups in total. The van der Waals surface area contributed by atoms with E-state index in [-0.39, 0.29) is 7.43 Å². The van der Waals surface area contributed by atoms with Gasteiger partial charge in [-0.3, -0.25) is 0 Å². The smallest absolute Gasteiger partial charge is 0.162 e. The first kappa shape index (κ1) is 12.8. The summed E-state index contributed by atoms with van der Waals surface area (Å²) in [5.74, 6) is -1.46. The van der Waals surface area contributed by atoms with E-state index in [4.69, 9.17) is 0 Å². The number of aryl methyl sites for hydroxylation is 1. The van der Waals surface area contributed by atoms with Gasteiger partial charge >= 0.3 is 0 Å². The summed E-state index contributed by atoms with van der Waals surface area (Å²) in [6.45, 7) is 3.40. The van der Waals surface area contributed by atoms with Crippen molar-refractivity contribution < 1.29 is 8.78 Å². The van der Waals surface area contributed by atoms with Gasteiger partial charge < -0.3 is 0 Å². The number of benzene rings is 1. The first-order chi connectivity index (χ1) is 6.16. The van der Waals surface area contributed by atoms with E-state index in [0.29, 0.717) is 17.5 Å². The lowest BCUT2D eigenvalue weighted by Crippen LogP contribution is -1.95. The third-order valence-electron chi connectivity index (χ3n) is 1.93. The van der Waals surface area contributed by atoms with Gasteiger partial charge in [0.05, 0.1) is 0 Å². The molecule has 0 fully saturated rings. The summed E-state index contributed by atoms with van der Waals surface area (Å²) in [6.07, 6.45) is 4.06. The quantitative estimate of drug-likeness (QED) is 0.629. The van der Waals surface area contributed by atoms with Gasteiger partial charge in [-0.15, -0.1) is 0 Å². The molecule has 0 aromatic heterocycles. The Morgan fingerprint density at radius 1 is 1.21 bits per heavy atom. The van der Waals surface area contributed by atoms with Crippen molar-refractivity contribution in [2.45, 2.75) is 27.7 Å². The molecule has 0 bridgehead atoms. The molecule has 0 saturated heterocycles.